The molecule has 0 atom stereocenters. The Morgan fingerprint density at radius 2 is 1.86 bits per heavy atom. The molecule has 0 unspecified atom stereocenters. The van der Waals surface area contributed by atoms with Gasteiger partial charge in [0.2, 0.25) is 11.6 Å². The molecule has 4 nitrogen and oxygen atoms in total. The minimum absolute atomic E-state index is 0.407. The molecular weight excluding hydrogens is 350 g/mol. The first-order chi connectivity index (χ1) is 13.6. The van der Waals surface area contributed by atoms with Crippen LogP contribution < -0.4 is 0 Å². The van der Waals surface area contributed by atoms with E-state index in [0.717, 1.165) is 65.6 Å². The van der Waals surface area contributed by atoms with Gasteiger partial charge in [-0.1, -0.05) is 37.6 Å². The number of carbonyl (C=O) groups excluding carboxylic acids is 2. The second-order valence-electron chi connectivity index (χ2n) is 7.90. The van der Waals surface area contributed by atoms with Crippen molar-refractivity contribution in [2.75, 3.05) is 13.1 Å². The first kappa shape index (κ1) is 17.4. The minimum Gasteiger partial charge on any atom is -0.459 e. The quantitative estimate of drug-likeness (QED) is 0.610. The maximum absolute atomic E-state index is 13.1. The number of furan rings is 1. The maximum atomic E-state index is 13.1. The summed E-state index contributed by atoms with van der Waals surface area (Å²) < 4.78 is 6.25. The topological polar surface area (TPSA) is 50.5 Å². The molecule has 0 saturated heterocycles. The number of Topliss-reactive ketones (excluding diaryl/α,β-unsaturated/α-hetero) is 2. The molecule has 2 aromatic carbocycles. The summed E-state index contributed by atoms with van der Waals surface area (Å²) in [5.41, 5.74) is 3.79. The maximum Gasteiger partial charge on any atom is 0.237 e. The summed E-state index contributed by atoms with van der Waals surface area (Å²) in [6.45, 7) is 6.87. The number of benzene rings is 2. The number of hydrogen-bond acceptors (Lipinski definition) is 4. The molecule has 4 heteroatoms. The average Bonchev–Trinajstić information content (AvgIpc) is 3.09. The fourth-order valence-corrected chi connectivity index (χ4v) is 4.63. The molecule has 0 bridgehead atoms. The molecule has 2 aliphatic rings. The van der Waals surface area contributed by atoms with Gasteiger partial charge >= 0.3 is 0 Å². The summed E-state index contributed by atoms with van der Waals surface area (Å²) in [4.78, 5) is 28.5. The van der Waals surface area contributed by atoms with Gasteiger partial charge in [0.05, 0.1) is 12.1 Å². The van der Waals surface area contributed by atoms with Gasteiger partial charge in [0, 0.05) is 23.2 Å². The third-order valence-corrected chi connectivity index (χ3v) is 6.15. The van der Waals surface area contributed by atoms with E-state index >= 15 is 0 Å². The Morgan fingerprint density at radius 1 is 1.04 bits per heavy atom. The SMILES string of the molecule is CCCCN1CCc2c(oc3c2C(=O)C(=O)c2c-3ccc3c(C)cccc23)C1. The summed E-state index contributed by atoms with van der Waals surface area (Å²) in [7, 11) is 0. The molecule has 1 aliphatic heterocycles. The van der Waals surface area contributed by atoms with Gasteiger partial charge in [-0.2, -0.15) is 0 Å². The number of ketones is 2. The monoisotopic (exact) mass is 373 g/mol. The highest BCUT2D eigenvalue weighted by atomic mass is 16.3. The van der Waals surface area contributed by atoms with Crippen molar-refractivity contribution in [1.82, 2.24) is 4.90 Å². The smallest absolute Gasteiger partial charge is 0.237 e. The van der Waals surface area contributed by atoms with Crippen molar-refractivity contribution in [3.63, 3.8) is 0 Å². The van der Waals surface area contributed by atoms with E-state index in [-0.39, 0.29) is 0 Å². The Morgan fingerprint density at radius 3 is 2.68 bits per heavy atom. The van der Waals surface area contributed by atoms with Crippen LogP contribution in [0.1, 0.15) is 57.4 Å². The Hall–Kier alpha value is -2.72. The molecule has 0 saturated carbocycles. The largest absolute Gasteiger partial charge is 0.459 e. The molecule has 0 spiro atoms. The first-order valence-corrected chi connectivity index (χ1v) is 10.1. The average molecular weight is 373 g/mol. The standard InChI is InChI=1S/C24H23NO3/c1-3-4-11-25-12-10-17-19(13-25)28-24-18-9-8-15-14(2)6-5-7-16(15)20(18)22(26)23(27)21(17)24/h5-9H,3-4,10-13H2,1-2H3. The first-order valence-electron chi connectivity index (χ1n) is 10.1. The Kier molecular flexibility index (Phi) is 3.98. The normalized spacial score (nSPS) is 16.2. The van der Waals surface area contributed by atoms with Gasteiger partial charge in [0.1, 0.15) is 11.5 Å². The van der Waals surface area contributed by atoms with Crippen LogP contribution in [0.4, 0.5) is 0 Å². The Labute approximate surface area is 164 Å². The molecule has 2 heterocycles. The highest BCUT2D eigenvalue weighted by Crippen LogP contribution is 2.43. The summed E-state index contributed by atoms with van der Waals surface area (Å²) in [5.74, 6) is 0.621. The van der Waals surface area contributed by atoms with Gasteiger partial charge in [-0.05, 0) is 48.7 Å². The lowest BCUT2D eigenvalue weighted by Crippen LogP contribution is -2.31. The number of aryl methyl sites for hydroxylation is 1. The van der Waals surface area contributed by atoms with Gasteiger partial charge in [-0.15, -0.1) is 0 Å². The van der Waals surface area contributed by atoms with Crippen molar-refractivity contribution in [1.29, 1.82) is 0 Å². The van der Waals surface area contributed by atoms with E-state index in [9.17, 15) is 9.59 Å². The molecule has 28 heavy (non-hydrogen) atoms. The second-order valence-corrected chi connectivity index (χ2v) is 7.90. The van der Waals surface area contributed by atoms with Crippen molar-refractivity contribution in [3.8, 4) is 11.3 Å². The van der Waals surface area contributed by atoms with E-state index in [0.29, 0.717) is 23.4 Å². The Bertz CT molecular complexity index is 1140. The number of carbonyl (C=O) groups is 2. The molecule has 1 aliphatic carbocycles. The molecule has 1 aromatic heterocycles. The van der Waals surface area contributed by atoms with Gasteiger partial charge in [0.25, 0.3) is 0 Å². The van der Waals surface area contributed by atoms with Crippen molar-refractivity contribution < 1.29 is 14.0 Å². The van der Waals surface area contributed by atoms with E-state index in [4.69, 9.17) is 4.42 Å². The van der Waals surface area contributed by atoms with Crippen LogP contribution in [0, 0.1) is 6.92 Å². The van der Waals surface area contributed by atoms with Crippen molar-refractivity contribution in [3.05, 3.63) is 58.3 Å². The number of nitrogens with zero attached hydrogens (tertiary/aromatic N) is 1. The predicted molar refractivity (Wildman–Crippen MR) is 109 cm³/mol. The van der Waals surface area contributed by atoms with Crippen LogP contribution >= 0.6 is 0 Å². The number of unbranched alkanes of at least 4 members (excludes halogenated alkanes) is 1. The number of fused-ring (bicyclic) bond motifs is 7. The van der Waals surface area contributed by atoms with Gasteiger partial charge < -0.3 is 4.42 Å². The third-order valence-electron chi connectivity index (χ3n) is 6.15. The lowest BCUT2D eigenvalue weighted by atomic mass is 9.82. The van der Waals surface area contributed by atoms with E-state index in [1.165, 1.54) is 0 Å². The zero-order valence-corrected chi connectivity index (χ0v) is 16.3. The summed E-state index contributed by atoms with van der Waals surface area (Å²) in [6.07, 6.45) is 3.07. The van der Waals surface area contributed by atoms with Gasteiger partial charge in [-0.3, -0.25) is 14.5 Å². The molecule has 142 valence electrons. The van der Waals surface area contributed by atoms with E-state index < -0.39 is 11.6 Å². The van der Waals surface area contributed by atoms with Crippen LogP contribution in [0.2, 0.25) is 0 Å². The fourth-order valence-electron chi connectivity index (χ4n) is 4.63. The van der Waals surface area contributed by atoms with Crippen molar-refractivity contribution in [2.45, 2.75) is 39.7 Å². The van der Waals surface area contributed by atoms with Crippen LogP contribution in [0.25, 0.3) is 22.1 Å². The second kappa shape index (κ2) is 6.42. The van der Waals surface area contributed by atoms with Gasteiger partial charge in [0.15, 0.2) is 0 Å². The zero-order chi connectivity index (χ0) is 19.4. The van der Waals surface area contributed by atoms with Crippen LogP contribution in [-0.4, -0.2) is 29.6 Å². The summed E-state index contributed by atoms with van der Waals surface area (Å²) in [5, 5.41) is 1.84. The highest BCUT2D eigenvalue weighted by molar-refractivity contribution is 6.54. The lowest BCUT2D eigenvalue weighted by Gasteiger charge is -2.25. The molecule has 0 fully saturated rings. The summed E-state index contributed by atoms with van der Waals surface area (Å²) >= 11 is 0. The van der Waals surface area contributed by atoms with Crippen LogP contribution in [0.3, 0.4) is 0 Å². The van der Waals surface area contributed by atoms with Gasteiger partial charge in [-0.25, -0.2) is 0 Å². The van der Waals surface area contributed by atoms with E-state index in [2.05, 4.69) is 11.8 Å². The van der Waals surface area contributed by atoms with Crippen molar-refractivity contribution >= 4 is 22.3 Å². The lowest BCUT2D eigenvalue weighted by molar-refractivity contribution is 0.0815. The minimum atomic E-state index is -0.413. The van der Waals surface area contributed by atoms with Crippen LogP contribution in [0.5, 0.6) is 0 Å². The van der Waals surface area contributed by atoms with E-state index in [1.807, 2.05) is 37.3 Å². The molecular formula is C24H23NO3. The number of hydrogen-bond donors (Lipinski definition) is 0. The predicted octanol–water partition coefficient (Wildman–Crippen LogP) is 4.95. The number of rotatable bonds is 3. The summed E-state index contributed by atoms with van der Waals surface area (Å²) in [6, 6.07) is 9.85. The zero-order valence-electron chi connectivity index (χ0n) is 16.3. The fraction of sp³-hybridized carbons (Fsp3) is 0.333. The van der Waals surface area contributed by atoms with Crippen LogP contribution in [-0.2, 0) is 13.0 Å². The third kappa shape index (κ3) is 2.41. The van der Waals surface area contributed by atoms with Crippen LogP contribution in [0.15, 0.2) is 34.7 Å². The molecule has 0 N–H and O–H groups in total. The Balaban J connectivity index is 1.68. The highest BCUT2D eigenvalue weighted by Gasteiger charge is 2.39. The molecule has 0 amide bonds. The molecule has 0 radical (unpaired) electrons. The van der Waals surface area contributed by atoms with Crippen molar-refractivity contribution in [2.24, 2.45) is 0 Å². The molecule has 5 rings (SSSR count). The molecule has 3 aromatic rings. The van der Waals surface area contributed by atoms with E-state index in [1.54, 1.807) is 0 Å².